The lowest BCUT2D eigenvalue weighted by Gasteiger charge is -2.00. The molecule has 0 atom stereocenters. The van der Waals surface area contributed by atoms with Crippen molar-refractivity contribution in [2.45, 2.75) is 6.92 Å². The second kappa shape index (κ2) is 7.66. The van der Waals surface area contributed by atoms with Crippen molar-refractivity contribution >= 4 is 34.0 Å². The van der Waals surface area contributed by atoms with Crippen molar-refractivity contribution in [2.24, 2.45) is 0 Å². The highest BCUT2D eigenvalue weighted by Crippen LogP contribution is 2.11. The third kappa shape index (κ3) is 4.01. The van der Waals surface area contributed by atoms with Crippen molar-refractivity contribution in [2.75, 3.05) is 6.61 Å². The van der Waals surface area contributed by atoms with Crippen LogP contribution in [0.3, 0.4) is 0 Å². The molecule has 0 aliphatic rings. The lowest BCUT2D eigenvalue weighted by Crippen LogP contribution is -2.04. The number of imidazole rings is 2. The summed E-state index contributed by atoms with van der Waals surface area (Å²) in [4.78, 5) is 53.9. The number of benzene rings is 2. The summed E-state index contributed by atoms with van der Waals surface area (Å²) in [6, 6.07) is 9.27. The van der Waals surface area contributed by atoms with Gasteiger partial charge in [-0.2, -0.15) is 0 Å². The van der Waals surface area contributed by atoms with Crippen LogP contribution in [0.4, 0.5) is 0 Å². The molecule has 0 bridgehead atoms. The van der Waals surface area contributed by atoms with Gasteiger partial charge in [0.25, 0.3) is 0 Å². The number of carbonyl (C=O) groups is 2. The molecule has 0 saturated carbocycles. The highest BCUT2D eigenvalue weighted by atomic mass is 16.5. The zero-order valence-corrected chi connectivity index (χ0v) is 14.7. The molecule has 0 aliphatic heterocycles. The monoisotopic (exact) mass is 384 g/mol. The number of aromatic amines is 4. The predicted octanol–water partition coefficient (Wildman–Crippen LogP) is 1.59. The molecule has 2 heterocycles. The molecule has 0 aliphatic carbocycles. The quantitative estimate of drug-likeness (QED) is 0.337. The normalized spacial score (nSPS) is 10.5. The first-order valence-corrected chi connectivity index (χ1v) is 8.22. The van der Waals surface area contributed by atoms with Crippen LogP contribution in [-0.2, 0) is 4.74 Å². The van der Waals surface area contributed by atoms with Crippen molar-refractivity contribution in [3.63, 3.8) is 0 Å². The van der Waals surface area contributed by atoms with Crippen molar-refractivity contribution in [1.29, 1.82) is 0 Å². The molecule has 0 fully saturated rings. The van der Waals surface area contributed by atoms with Gasteiger partial charge in [0.15, 0.2) is 0 Å². The maximum Gasteiger partial charge on any atom is 0.338 e. The van der Waals surface area contributed by atoms with Gasteiger partial charge in [-0.1, -0.05) is 0 Å². The molecule has 0 unspecified atom stereocenters. The third-order valence-corrected chi connectivity index (χ3v) is 3.79. The van der Waals surface area contributed by atoms with Crippen LogP contribution in [0.1, 0.15) is 27.6 Å². The first kappa shape index (κ1) is 18.7. The number of esters is 1. The summed E-state index contributed by atoms with van der Waals surface area (Å²) < 4.78 is 4.84. The fourth-order valence-corrected chi connectivity index (χ4v) is 2.54. The van der Waals surface area contributed by atoms with E-state index in [1.165, 1.54) is 12.1 Å². The Morgan fingerprint density at radius 2 is 1.29 bits per heavy atom. The molecule has 10 heteroatoms. The molecule has 0 spiro atoms. The highest BCUT2D eigenvalue weighted by molar-refractivity contribution is 5.93. The van der Waals surface area contributed by atoms with Gasteiger partial charge in [-0.05, 0) is 43.3 Å². The average molecular weight is 384 g/mol. The van der Waals surface area contributed by atoms with E-state index in [4.69, 9.17) is 9.84 Å². The van der Waals surface area contributed by atoms with E-state index in [0.29, 0.717) is 34.2 Å². The molecule has 5 N–H and O–H groups in total. The number of H-pyrrole nitrogens is 4. The number of fused-ring (bicyclic) bond motifs is 2. The molecule has 4 aromatic rings. The maximum atomic E-state index is 11.4. The van der Waals surface area contributed by atoms with E-state index in [9.17, 15) is 19.2 Å². The van der Waals surface area contributed by atoms with Crippen molar-refractivity contribution in [3.05, 3.63) is 68.5 Å². The van der Waals surface area contributed by atoms with Gasteiger partial charge in [0.1, 0.15) is 0 Å². The van der Waals surface area contributed by atoms with E-state index in [2.05, 4.69) is 19.9 Å². The Labute approximate surface area is 156 Å². The fraction of sp³-hybridized carbons (Fsp3) is 0.111. The van der Waals surface area contributed by atoms with Gasteiger partial charge >= 0.3 is 23.3 Å². The van der Waals surface area contributed by atoms with Crippen LogP contribution < -0.4 is 11.4 Å². The lowest BCUT2D eigenvalue weighted by atomic mass is 10.2. The summed E-state index contributed by atoms with van der Waals surface area (Å²) in [7, 11) is 0. The largest absolute Gasteiger partial charge is 0.478 e. The Bertz CT molecular complexity index is 1280. The van der Waals surface area contributed by atoms with Gasteiger partial charge in [-0.3, -0.25) is 0 Å². The van der Waals surface area contributed by atoms with E-state index in [-0.39, 0.29) is 22.9 Å². The Kier molecular flexibility index (Phi) is 5.12. The van der Waals surface area contributed by atoms with Gasteiger partial charge in [0.2, 0.25) is 0 Å². The van der Waals surface area contributed by atoms with Crippen LogP contribution in [0.15, 0.2) is 46.0 Å². The standard InChI is InChI=1S/C10H10N2O3.C8H6N2O3/c1-2-15-9(13)6-3-4-7-8(5-6)12-10(14)11-7;11-7(12)4-1-2-5-6(3-4)10-8(13)9-5/h3-5H,2H2,1H3,(H2,11,12,14);1-3H,(H,11,12)(H2,9,10,13). The first-order chi connectivity index (χ1) is 13.4. The van der Waals surface area contributed by atoms with Gasteiger partial charge in [-0.15, -0.1) is 0 Å². The number of hydrogen-bond acceptors (Lipinski definition) is 5. The van der Waals surface area contributed by atoms with Crippen LogP contribution in [0, 0.1) is 0 Å². The van der Waals surface area contributed by atoms with Gasteiger partial charge < -0.3 is 29.8 Å². The fourth-order valence-electron chi connectivity index (χ4n) is 2.54. The molecular weight excluding hydrogens is 368 g/mol. The minimum absolute atomic E-state index is 0.155. The summed E-state index contributed by atoms with van der Waals surface area (Å²) in [6.07, 6.45) is 0. The highest BCUT2D eigenvalue weighted by Gasteiger charge is 2.08. The second-order valence-electron chi connectivity index (χ2n) is 5.70. The zero-order chi connectivity index (χ0) is 20.3. The van der Waals surface area contributed by atoms with E-state index < -0.39 is 5.97 Å². The van der Waals surface area contributed by atoms with Crippen LogP contribution in [0.25, 0.3) is 22.1 Å². The van der Waals surface area contributed by atoms with Crippen LogP contribution in [-0.4, -0.2) is 43.6 Å². The maximum absolute atomic E-state index is 11.4. The van der Waals surface area contributed by atoms with Crippen molar-refractivity contribution in [1.82, 2.24) is 19.9 Å². The number of nitrogens with one attached hydrogen (secondary N) is 4. The lowest BCUT2D eigenvalue weighted by molar-refractivity contribution is 0.0526. The molecule has 2 aromatic carbocycles. The molecule has 0 amide bonds. The Balaban J connectivity index is 0.000000162. The van der Waals surface area contributed by atoms with E-state index >= 15 is 0 Å². The number of ether oxygens (including phenoxy) is 1. The third-order valence-electron chi connectivity index (χ3n) is 3.79. The number of carbonyl (C=O) groups excluding carboxylic acids is 1. The van der Waals surface area contributed by atoms with Crippen LogP contribution in [0.5, 0.6) is 0 Å². The molecule has 0 saturated heterocycles. The summed E-state index contributed by atoms with van der Waals surface area (Å²) in [5.74, 6) is -1.40. The SMILES string of the molecule is CCOC(=O)c1ccc2[nH]c(=O)[nH]c2c1.O=C(O)c1ccc2[nH]c(=O)[nH]c2c1. The molecular formula is C18H16N4O6. The van der Waals surface area contributed by atoms with Gasteiger partial charge in [-0.25, -0.2) is 19.2 Å². The summed E-state index contributed by atoms with van der Waals surface area (Å²) in [5, 5.41) is 8.65. The van der Waals surface area contributed by atoms with Gasteiger partial charge in [0, 0.05) is 0 Å². The van der Waals surface area contributed by atoms with Crippen LogP contribution in [0.2, 0.25) is 0 Å². The molecule has 2 aromatic heterocycles. The summed E-state index contributed by atoms with van der Waals surface area (Å²) in [6.45, 7) is 2.08. The van der Waals surface area contributed by atoms with E-state index in [1.807, 2.05) is 0 Å². The predicted molar refractivity (Wildman–Crippen MR) is 101 cm³/mol. The second-order valence-corrected chi connectivity index (χ2v) is 5.70. The van der Waals surface area contributed by atoms with Crippen molar-refractivity contribution in [3.8, 4) is 0 Å². The number of rotatable bonds is 3. The zero-order valence-electron chi connectivity index (χ0n) is 14.7. The number of carboxylic acids is 1. The molecule has 28 heavy (non-hydrogen) atoms. The molecule has 0 radical (unpaired) electrons. The Morgan fingerprint density at radius 3 is 1.79 bits per heavy atom. The Morgan fingerprint density at radius 1 is 0.821 bits per heavy atom. The van der Waals surface area contributed by atoms with E-state index in [1.54, 1.807) is 31.2 Å². The first-order valence-electron chi connectivity index (χ1n) is 8.22. The number of aromatic nitrogens is 4. The summed E-state index contributed by atoms with van der Waals surface area (Å²) in [5.41, 5.74) is 2.35. The van der Waals surface area contributed by atoms with Crippen LogP contribution >= 0.6 is 0 Å². The Hall–Kier alpha value is -4.08. The summed E-state index contributed by atoms with van der Waals surface area (Å²) >= 11 is 0. The van der Waals surface area contributed by atoms with Crippen molar-refractivity contribution < 1.29 is 19.4 Å². The molecule has 144 valence electrons. The smallest absolute Gasteiger partial charge is 0.338 e. The van der Waals surface area contributed by atoms with E-state index in [0.717, 1.165) is 0 Å². The average Bonchev–Trinajstić information content (AvgIpc) is 3.21. The minimum atomic E-state index is -1.01. The van der Waals surface area contributed by atoms with Gasteiger partial charge in [0.05, 0.1) is 39.8 Å². The number of aromatic carboxylic acids is 1. The molecule has 10 nitrogen and oxygen atoms in total. The number of hydrogen-bond donors (Lipinski definition) is 5. The topological polar surface area (TPSA) is 161 Å². The molecule has 4 rings (SSSR count). The number of carboxylic acid groups (broad SMARTS) is 1. The minimum Gasteiger partial charge on any atom is -0.478 e.